The normalized spacial score (nSPS) is 13.2. The summed E-state index contributed by atoms with van der Waals surface area (Å²) in [6.07, 6.45) is 0. The molecule has 0 aromatic heterocycles. The van der Waals surface area contributed by atoms with Gasteiger partial charge in [0.15, 0.2) is 0 Å². The minimum atomic E-state index is -0.535. The molecule has 13 heavy (non-hydrogen) atoms. The van der Waals surface area contributed by atoms with E-state index >= 15 is 0 Å². The van der Waals surface area contributed by atoms with E-state index in [-0.39, 0.29) is 11.3 Å². The van der Waals surface area contributed by atoms with E-state index in [0.29, 0.717) is 6.54 Å². The lowest BCUT2D eigenvalue weighted by Gasteiger charge is -2.27. The largest absolute Gasteiger partial charge is 0.344 e. The molecule has 0 N–H and O–H groups in total. The van der Waals surface area contributed by atoms with Crippen molar-refractivity contribution in [3.63, 3.8) is 0 Å². The molecule has 74 valence electrons. The van der Waals surface area contributed by atoms with E-state index in [9.17, 15) is 4.79 Å². The molecule has 0 fully saturated rings. The molecule has 0 rings (SSSR count). The third-order valence-corrected chi connectivity index (χ3v) is 1.65. The minimum Gasteiger partial charge on any atom is -0.344 e. The summed E-state index contributed by atoms with van der Waals surface area (Å²) in [5.74, 6) is -0.634. The Morgan fingerprint density at radius 1 is 1.54 bits per heavy atom. The SMILES string of the molecule is CC(C#N)C(=O)N(C)CC(C)(C)C. The van der Waals surface area contributed by atoms with Gasteiger partial charge in [-0.3, -0.25) is 4.79 Å². The van der Waals surface area contributed by atoms with Crippen molar-refractivity contribution < 1.29 is 4.79 Å². The van der Waals surface area contributed by atoms with E-state index in [2.05, 4.69) is 20.8 Å². The van der Waals surface area contributed by atoms with Gasteiger partial charge in [-0.2, -0.15) is 5.26 Å². The minimum absolute atomic E-state index is 0.0829. The van der Waals surface area contributed by atoms with Crippen LogP contribution < -0.4 is 0 Å². The van der Waals surface area contributed by atoms with Gasteiger partial charge in [0.05, 0.1) is 6.07 Å². The van der Waals surface area contributed by atoms with Gasteiger partial charge in [-0.05, 0) is 12.3 Å². The van der Waals surface area contributed by atoms with Crippen LogP contribution in [0.25, 0.3) is 0 Å². The molecule has 0 aliphatic carbocycles. The average Bonchev–Trinajstić information content (AvgIpc) is 1.98. The first-order chi connectivity index (χ1) is 5.78. The lowest BCUT2D eigenvalue weighted by molar-refractivity contribution is -0.133. The highest BCUT2D eigenvalue weighted by atomic mass is 16.2. The molecule has 3 heteroatoms. The summed E-state index contributed by atoms with van der Waals surface area (Å²) >= 11 is 0. The van der Waals surface area contributed by atoms with Crippen molar-refractivity contribution in [2.45, 2.75) is 27.7 Å². The highest BCUT2D eigenvalue weighted by Crippen LogP contribution is 2.15. The van der Waals surface area contributed by atoms with E-state index in [1.165, 1.54) is 0 Å². The summed E-state index contributed by atoms with van der Waals surface area (Å²) in [5, 5.41) is 8.55. The van der Waals surface area contributed by atoms with Crippen molar-refractivity contribution in [2.75, 3.05) is 13.6 Å². The summed E-state index contributed by atoms with van der Waals surface area (Å²) < 4.78 is 0. The second-order valence-corrected chi connectivity index (χ2v) is 4.61. The molecule has 3 nitrogen and oxygen atoms in total. The quantitative estimate of drug-likeness (QED) is 0.651. The van der Waals surface area contributed by atoms with Gasteiger partial charge in [-0.25, -0.2) is 0 Å². The van der Waals surface area contributed by atoms with E-state index in [4.69, 9.17) is 5.26 Å². The average molecular weight is 182 g/mol. The molecule has 0 radical (unpaired) electrons. The molecule has 0 aliphatic heterocycles. The number of hydrogen-bond acceptors (Lipinski definition) is 2. The molecule has 0 heterocycles. The Morgan fingerprint density at radius 2 is 2.00 bits per heavy atom. The zero-order valence-corrected chi connectivity index (χ0v) is 9.09. The molecule has 1 atom stereocenters. The van der Waals surface area contributed by atoms with Crippen LogP contribution in [-0.2, 0) is 4.79 Å². The topological polar surface area (TPSA) is 44.1 Å². The summed E-state index contributed by atoms with van der Waals surface area (Å²) in [6, 6.07) is 1.94. The van der Waals surface area contributed by atoms with Gasteiger partial charge >= 0.3 is 0 Å². The van der Waals surface area contributed by atoms with E-state index < -0.39 is 5.92 Å². The first kappa shape index (κ1) is 12.0. The van der Waals surface area contributed by atoms with Crippen LogP contribution in [0.5, 0.6) is 0 Å². The maximum atomic E-state index is 11.5. The standard InChI is InChI=1S/C10H18N2O/c1-8(6-11)9(13)12(5)7-10(2,3)4/h8H,7H2,1-5H3. The molecule has 0 aromatic rings. The Balaban J connectivity index is 4.22. The monoisotopic (exact) mass is 182 g/mol. The van der Waals surface area contributed by atoms with Crippen molar-refractivity contribution in [2.24, 2.45) is 11.3 Å². The Morgan fingerprint density at radius 3 is 2.31 bits per heavy atom. The van der Waals surface area contributed by atoms with Gasteiger partial charge in [0, 0.05) is 13.6 Å². The van der Waals surface area contributed by atoms with E-state index in [1.807, 2.05) is 6.07 Å². The number of nitrogens with zero attached hydrogens (tertiary/aromatic N) is 2. The van der Waals surface area contributed by atoms with Gasteiger partial charge in [0.25, 0.3) is 0 Å². The van der Waals surface area contributed by atoms with Crippen LogP contribution in [0, 0.1) is 22.7 Å². The number of amides is 1. The lowest BCUT2D eigenvalue weighted by atomic mass is 9.96. The van der Waals surface area contributed by atoms with Crippen LogP contribution in [0.1, 0.15) is 27.7 Å². The first-order valence-electron chi connectivity index (χ1n) is 4.42. The van der Waals surface area contributed by atoms with Crippen LogP contribution in [0.15, 0.2) is 0 Å². The number of hydrogen-bond donors (Lipinski definition) is 0. The molecular formula is C10H18N2O. The van der Waals surface area contributed by atoms with Gasteiger partial charge < -0.3 is 4.90 Å². The van der Waals surface area contributed by atoms with Crippen molar-refractivity contribution in [3.05, 3.63) is 0 Å². The number of carbonyl (C=O) groups excluding carboxylic acids is 1. The highest BCUT2D eigenvalue weighted by Gasteiger charge is 2.21. The predicted molar refractivity (Wildman–Crippen MR) is 51.9 cm³/mol. The summed E-state index contributed by atoms with van der Waals surface area (Å²) in [5.41, 5.74) is 0.0829. The number of carbonyl (C=O) groups is 1. The predicted octanol–water partition coefficient (Wildman–Crippen LogP) is 1.65. The first-order valence-corrected chi connectivity index (χ1v) is 4.42. The molecule has 1 unspecified atom stereocenters. The van der Waals surface area contributed by atoms with Crippen molar-refractivity contribution in [1.29, 1.82) is 5.26 Å². The number of rotatable bonds is 2. The Hall–Kier alpha value is -1.04. The Bertz CT molecular complexity index is 222. The van der Waals surface area contributed by atoms with Crippen LogP contribution in [-0.4, -0.2) is 24.4 Å². The maximum Gasteiger partial charge on any atom is 0.239 e. The Kier molecular flexibility index (Phi) is 3.93. The fourth-order valence-electron chi connectivity index (χ4n) is 1.18. The van der Waals surface area contributed by atoms with E-state index in [1.54, 1.807) is 18.9 Å². The van der Waals surface area contributed by atoms with Gasteiger partial charge in [0.1, 0.15) is 5.92 Å². The smallest absolute Gasteiger partial charge is 0.239 e. The Labute approximate surface area is 80.3 Å². The van der Waals surface area contributed by atoms with Gasteiger partial charge in [0.2, 0.25) is 5.91 Å². The lowest BCUT2D eigenvalue weighted by Crippen LogP contribution is -2.37. The highest BCUT2D eigenvalue weighted by molar-refractivity contribution is 5.80. The number of nitriles is 1. The van der Waals surface area contributed by atoms with Crippen LogP contribution >= 0.6 is 0 Å². The molecule has 0 spiro atoms. The van der Waals surface area contributed by atoms with E-state index in [0.717, 1.165) is 0 Å². The van der Waals surface area contributed by atoms with Crippen molar-refractivity contribution in [3.8, 4) is 6.07 Å². The van der Waals surface area contributed by atoms with Crippen LogP contribution in [0.2, 0.25) is 0 Å². The molecule has 0 saturated carbocycles. The molecule has 0 aromatic carbocycles. The zero-order chi connectivity index (χ0) is 10.6. The third kappa shape index (κ3) is 4.51. The van der Waals surface area contributed by atoms with Crippen molar-refractivity contribution >= 4 is 5.91 Å². The van der Waals surface area contributed by atoms with Gasteiger partial charge in [-0.1, -0.05) is 20.8 Å². The fourth-order valence-corrected chi connectivity index (χ4v) is 1.18. The summed E-state index contributed by atoms with van der Waals surface area (Å²) in [7, 11) is 1.74. The third-order valence-electron chi connectivity index (χ3n) is 1.65. The molecule has 1 amide bonds. The second kappa shape index (κ2) is 4.27. The molecular weight excluding hydrogens is 164 g/mol. The summed E-state index contributed by atoms with van der Waals surface area (Å²) in [4.78, 5) is 13.1. The zero-order valence-electron chi connectivity index (χ0n) is 9.09. The molecule has 0 bridgehead atoms. The molecule has 0 aliphatic rings. The van der Waals surface area contributed by atoms with Crippen LogP contribution in [0.3, 0.4) is 0 Å². The van der Waals surface area contributed by atoms with Gasteiger partial charge in [-0.15, -0.1) is 0 Å². The second-order valence-electron chi connectivity index (χ2n) is 4.61. The van der Waals surface area contributed by atoms with Crippen LogP contribution in [0.4, 0.5) is 0 Å². The maximum absolute atomic E-state index is 11.5. The van der Waals surface area contributed by atoms with Crippen molar-refractivity contribution in [1.82, 2.24) is 4.90 Å². The molecule has 0 saturated heterocycles. The fraction of sp³-hybridized carbons (Fsp3) is 0.800. The summed E-state index contributed by atoms with van der Waals surface area (Å²) in [6.45, 7) is 8.49.